The minimum atomic E-state index is -1.40. The van der Waals surface area contributed by atoms with E-state index in [1.54, 1.807) is 6.07 Å². The Morgan fingerprint density at radius 2 is 1.73 bits per heavy atom. The molecule has 1 unspecified atom stereocenters. The van der Waals surface area contributed by atoms with E-state index in [4.69, 9.17) is 11.8 Å². The molecule has 0 rings (SSSR count). The number of esters is 2. The average molecular weight is 306 g/mol. The number of nitriles is 1. The number of allylic oxidation sites excluding steroid dienone is 1. The molecule has 0 aliphatic carbocycles. The molecule has 22 heavy (non-hydrogen) atoms. The maximum atomic E-state index is 11.6. The van der Waals surface area contributed by atoms with Crippen LogP contribution in [0.4, 0.5) is 0 Å². The van der Waals surface area contributed by atoms with Crippen molar-refractivity contribution in [2.24, 2.45) is 5.92 Å². The highest BCUT2D eigenvalue weighted by molar-refractivity contribution is 6.41. The SMILES string of the molecule is [C-]#[N+]C(=CCC(C#N)C(=O)C(=O)OCC)C(=O)C(=O)OCC. The topological polar surface area (TPSA) is 115 Å². The quantitative estimate of drug-likeness (QED) is 0.279. The van der Waals surface area contributed by atoms with Crippen LogP contribution in [0.2, 0.25) is 0 Å². The van der Waals surface area contributed by atoms with Crippen molar-refractivity contribution in [3.63, 3.8) is 0 Å². The molecule has 0 saturated heterocycles. The Hall–Kier alpha value is -3.00. The summed E-state index contributed by atoms with van der Waals surface area (Å²) >= 11 is 0. The number of hydrogen-bond acceptors (Lipinski definition) is 7. The van der Waals surface area contributed by atoms with Gasteiger partial charge in [0, 0.05) is 0 Å². The second-order valence-corrected chi connectivity index (χ2v) is 3.75. The van der Waals surface area contributed by atoms with Crippen LogP contribution in [0.3, 0.4) is 0 Å². The second kappa shape index (κ2) is 9.83. The van der Waals surface area contributed by atoms with E-state index in [2.05, 4.69) is 14.3 Å². The number of nitrogens with zero attached hydrogens (tertiary/aromatic N) is 2. The molecule has 0 aromatic rings. The van der Waals surface area contributed by atoms with Gasteiger partial charge in [0.25, 0.3) is 11.6 Å². The van der Waals surface area contributed by atoms with Crippen LogP contribution in [0.1, 0.15) is 20.3 Å². The third-order valence-electron chi connectivity index (χ3n) is 2.31. The standard InChI is InChI=1S/C14H14N2O6/c1-4-21-13(19)11(17)9(8-15)6-7-10(16-3)12(18)14(20)22-5-2/h7,9H,4-6H2,1-2H3. The molecular formula is C14H14N2O6. The first kappa shape index (κ1) is 19.0. The lowest BCUT2D eigenvalue weighted by atomic mass is 10.0. The predicted molar refractivity (Wildman–Crippen MR) is 71.7 cm³/mol. The van der Waals surface area contributed by atoms with E-state index in [0.29, 0.717) is 0 Å². The van der Waals surface area contributed by atoms with Gasteiger partial charge in [-0.15, -0.1) is 0 Å². The molecule has 116 valence electrons. The van der Waals surface area contributed by atoms with Crippen LogP contribution in [0.25, 0.3) is 4.85 Å². The van der Waals surface area contributed by atoms with Crippen molar-refractivity contribution in [1.29, 1.82) is 5.26 Å². The molecule has 0 saturated carbocycles. The minimum absolute atomic E-state index is 0.0206. The van der Waals surface area contributed by atoms with Crippen LogP contribution in [0.5, 0.6) is 0 Å². The van der Waals surface area contributed by atoms with E-state index in [1.165, 1.54) is 13.8 Å². The first-order valence-corrected chi connectivity index (χ1v) is 6.32. The number of Topliss-reactive ketones (excluding diaryl/α,β-unsaturated/α-hetero) is 2. The fourth-order valence-corrected chi connectivity index (χ4v) is 1.28. The molecule has 0 heterocycles. The molecule has 0 aliphatic heterocycles. The molecule has 0 aromatic heterocycles. The van der Waals surface area contributed by atoms with Crippen LogP contribution >= 0.6 is 0 Å². The normalized spacial score (nSPS) is 11.5. The molecule has 8 heteroatoms. The fraction of sp³-hybridized carbons (Fsp3) is 0.429. The first-order valence-electron chi connectivity index (χ1n) is 6.32. The van der Waals surface area contributed by atoms with Gasteiger partial charge in [-0.25, -0.2) is 14.4 Å². The molecule has 0 amide bonds. The molecule has 0 fully saturated rings. The van der Waals surface area contributed by atoms with Gasteiger partial charge in [0.05, 0.1) is 25.9 Å². The summed E-state index contributed by atoms with van der Waals surface area (Å²) in [6, 6.07) is 1.59. The first-order chi connectivity index (χ1) is 10.4. The van der Waals surface area contributed by atoms with Gasteiger partial charge in [-0.05, 0) is 20.3 Å². The Bertz CT molecular complexity index is 579. The van der Waals surface area contributed by atoms with Crippen LogP contribution in [0, 0.1) is 23.8 Å². The van der Waals surface area contributed by atoms with Gasteiger partial charge in [-0.2, -0.15) is 5.26 Å². The minimum Gasteiger partial charge on any atom is -0.461 e. The molecule has 0 spiro atoms. The van der Waals surface area contributed by atoms with Gasteiger partial charge in [-0.3, -0.25) is 9.59 Å². The number of carbonyl (C=O) groups is 4. The summed E-state index contributed by atoms with van der Waals surface area (Å²) < 4.78 is 8.93. The lowest BCUT2D eigenvalue weighted by Gasteiger charge is -2.05. The Labute approximate surface area is 127 Å². The fourth-order valence-electron chi connectivity index (χ4n) is 1.28. The maximum Gasteiger partial charge on any atom is 0.376 e. The zero-order valence-electron chi connectivity index (χ0n) is 12.1. The highest BCUT2D eigenvalue weighted by atomic mass is 16.5. The highest BCUT2D eigenvalue weighted by Crippen LogP contribution is 2.10. The van der Waals surface area contributed by atoms with Crippen molar-refractivity contribution < 1.29 is 28.7 Å². The molecule has 1 atom stereocenters. The third kappa shape index (κ3) is 5.55. The van der Waals surface area contributed by atoms with Crippen molar-refractivity contribution in [2.75, 3.05) is 13.2 Å². The maximum absolute atomic E-state index is 11.6. The number of rotatable bonds is 8. The predicted octanol–water partition coefficient (Wildman–Crippen LogP) is 0.584. The van der Waals surface area contributed by atoms with Crippen molar-refractivity contribution >= 4 is 23.5 Å². The summed E-state index contributed by atoms with van der Waals surface area (Å²) in [5.74, 6) is -6.00. The van der Waals surface area contributed by atoms with Gasteiger partial charge in [0.1, 0.15) is 5.92 Å². The number of ether oxygens (including phenoxy) is 2. The average Bonchev–Trinajstić information content (AvgIpc) is 2.51. The largest absolute Gasteiger partial charge is 0.461 e. The van der Waals surface area contributed by atoms with E-state index >= 15 is 0 Å². The van der Waals surface area contributed by atoms with Crippen LogP contribution in [-0.2, 0) is 28.7 Å². The second-order valence-electron chi connectivity index (χ2n) is 3.75. The van der Waals surface area contributed by atoms with E-state index < -0.39 is 35.1 Å². The van der Waals surface area contributed by atoms with Crippen molar-refractivity contribution in [3.05, 3.63) is 23.2 Å². The molecule has 8 nitrogen and oxygen atoms in total. The molecule has 0 N–H and O–H groups in total. The van der Waals surface area contributed by atoms with Gasteiger partial charge >= 0.3 is 11.9 Å². The van der Waals surface area contributed by atoms with Gasteiger partial charge in [-0.1, -0.05) is 6.08 Å². The summed E-state index contributed by atoms with van der Waals surface area (Å²) in [5.41, 5.74) is -0.574. The number of ketones is 2. The molecule has 0 radical (unpaired) electrons. The van der Waals surface area contributed by atoms with Gasteiger partial charge in [0.2, 0.25) is 5.70 Å². The van der Waals surface area contributed by atoms with Crippen molar-refractivity contribution in [1.82, 2.24) is 0 Å². The van der Waals surface area contributed by atoms with Gasteiger partial charge < -0.3 is 9.47 Å². The van der Waals surface area contributed by atoms with Crippen LogP contribution in [0.15, 0.2) is 11.8 Å². The summed E-state index contributed by atoms with van der Waals surface area (Å²) in [5, 5.41) is 8.87. The van der Waals surface area contributed by atoms with Crippen LogP contribution < -0.4 is 0 Å². The third-order valence-corrected chi connectivity index (χ3v) is 2.31. The van der Waals surface area contributed by atoms with E-state index in [-0.39, 0.29) is 19.6 Å². The summed E-state index contributed by atoms with van der Waals surface area (Å²) in [6.45, 7) is 9.79. The smallest absolute Gasteiger partial charge is 0.376 e. The lowest BCUT2D eigenvalue weighted by Crippen LogP contribution is -2.25. The zero-order valence-corrected chi connectivity index (χ0v) is 12.1. The number of hydrogen-bond donors (Lipinski definition) is 0. The van der Waals surface area contributed by atoms with E-state index in [0.717, 1.165) is 6.08 Å². The van der Waals surface area contributed by atoms with Gasteiger partial charge in [0.15, 0.2) is 0 Å². The Morgan fingerprint density at radius 1 is 1.18 bits per heavy atom. The lowest BCUT2D eigenvalue weighted by molar-refractivity contribution is -0.154. The van der Waals surface area contributed by atoms with E-state index in [1.807, 2.05) is 0 Å². The molecular weight excluding hydrogens is 292 g/mol. The molecule has 0 aliphatic rings. The van der Waals surface area contributed by atoms with E-state index in [9.17, 15) is 19.2 Å². The summed E-state index contributed by atoms with van der Waals surface area (Å²) in [7, 11) is 0. The monoisotopic (exact) mass is 306 g/mol. The van der Waals surface area contributed by atoms with Crippen LogP contribution in [-0.4, -0.2) is 36.7 Å². The Morgan fingerprint density at radius 3 is 2.18 bits per heavy atom. The summed E-state index contributed by atoms with van der Waals surface area (Å²) in [6.07, 6.45) is 0.592. The van der Waals surface area contributed by atoms with Crippen molar-refractivity contribution in [2.45, 2.75) is 20.3 Å². The highest BCUT2D eigenvalue weighted by Gasteiger charge is 2.27. The van der Waals surface area contributed by atoms with Crippen molar-refractivity contribution in [3.8, 4) is 6.07 Å². The summed E-state index contributed by atoms with van der Waals surface area (Å²) in [4.78, 5) is 48.5. The zero-order chi connectivity index (χ0) is 17.1. The number of carbonyl (C=O) groups excluding carboxylic acids is 4. The Balaban J connectivity index is 5.03. The Kier molecular flexibility index (Phi) is 8.49. The molecule has 0 bridgehead atoms. The molecule has 0 aromatic carbocycles.